The van der Waals surface area contributed by atoms with Gasteiger partial charge in [-0.05, 0) is 43.5 Å². The lowest BCUT2D eigenvalue weighted by Crippen LogP contribution is -2.58. The van der Waals surface area contributed by atoms with Gasteiger partial charge >= 0.3 is 0 Å². The van der Waals surface area contributed by atoms with Crippen molar-refractivity contribution >= 4 is 11.6 Å². The van der Waals surface area contributed by atoms with E-state index in [1.165, 1.54) is 31.5 Å². The van der Waals surface area contributed by atoms with Gasteiger partial charge in [-0.25, -0.2) is 0 Å². The Labute approximate surface area is 119 Å². The first-order valence-corrected chi connectivity index (χ1v) is 7.67. The minimum atomic E-state index is -0.0946. The minimum absolute atomic E-state index is 0.0946. The van der Waals surface area contributed by atoms with E-state index in [4.69, 9.17) is 0 Å². The van der Waals surface area contributed by atoms with Crippen LogP contribution in [-0.4, -0.2) is 42.5 Å². The third-order valence-electron chi connectivity index (χ3n) is 5.07. The Morgan fingerprint density at radius 1 is 1.25 bits per heavy atom. The highest BCUT2D eigenvalue weighted by Crippen LogP contribution is 2.29. The molecule has 4 nitrogen and oxygen atoms in total. The summed E-state index contributed by atoms with van der Waals surface area (Å²) in [6.45, 7) is 3.46. The summed E-state index contributed by atoms with van der Waals surface area (Å²) in [5.41, 5.74) is 2.36. The molecule has 3 fully saturated rings. The zero-order valence-electron chi connectivity index (χ0n) is 11.6. The van der Waals surface area contributed by atoms with Crippen molar-refractivity contribution in [1.29, 1.82) is 0 Å². The van der Waals surface area contributed by atoms with Crippen molar-refractivity contribution < 1.29 is 4.79 Å². The van der Waals surface area contributed by atoms with Crippen LogP contribution in [0.15, 0.2) is 24.3 Å². The number of nitrogens with one attached hydrogen (secondary N) is 2. The Morgan fingerprint density at radius 3 is 2.75 bits per heavy atom. The molecule has 2 N–H and O–H groups in total. The molecule has 4 heterocycles. The van der Waals surface area contributed by atoms with Gasteiger partial charge in [-0.2, -0.15) is 0 Å². The molecular weight excluding hydrogens is 250 g/mol. The van der Waals surface area contributed by atoms with Crippen LogP contribution in [0, 0.1) is 5.92 Å². The molecule has 3 saturated heterocycles. The molecule has 20 heavy (non-hydrogen) atoms. The summed E-state index contributed by atoms with van der Waals surface area (Å²) >= 11 is 0. The smallest absolute Gasteiger partial charge is 0.243 e. The topological polar surface area (TPSA) is 44.4 Å². The minimum Gasteiger partial charge on any atom is -0.373 e. The fourth-order valence-corrected chi connectivity index (χ4v) is 3.87. The van der Waals surface area contributed by atoms with E-state index in [9.17, 15) is 4.79 Å². The Bertz CT molecular complexity index is 497. The van der Waals surface area contributed by atoms with Crippen LogP contribution in [0.25, 0.3) is 0 Å². The zero-order chi connectivity index (χ0) is 13.5. The maximum absolute atomic E-state index is 12.5. The molecule has 4 heteroatoms. The summed E-state index contributed by atoms with van der Waals surface area (Å²) in [5, 5.41) is 6.63. The molecule has 2 bridgehead atoms. The molecule has 0 aliphatic carbocycles. The van der Waals surface area contributed by atoms with Gasteiger partial charge in [-0.15, -0.1) is 0 Å². The summed E-state index contributed by atoms with van der Waals surface area (Å²) < 4.78 is 0. The van der Waals surface area contributed by atoms with E-state index in [1.54, 1.807) is 0 Å². The lowest BCUT2D eigenvalue weighted by Gasteiger charge is -2.45. The molecule has 0 saturated carbocycles. The molecule has 4 aliphatic heterocycles. The number of piperidine rings is 3. The van der Waals surface area contributed by atoms with Gasteiger partial charge in [0.25, 0.3) is 0 Å². The number of benzene rings is 1. The number of nitrogens with zero attached hydrogens (tertiary/aromatic N) is 1. The molecular formula is C16H21N3O. The van der Waals surface area contributed by atoms with Crippen LogP contribution >= 0.6 is 0 Å². The van der Waals surface area contributed by atoms with Gasteiger partial charge in [-0.1, -0.05) is 18.2 Å². The fourth-order valence-electron chi connectivity index (χ4n) is 3.87. The van der Waals surface area contributed by atoms with Gasteiger partial charge in [0, 0.05) is 24.7 Å². The first kappa shape index (κ1) is 12.2. The van der Waals surface area contributed by atoms with Crippen LogP contribution in [0.4, 0.5) is 5.69 Å². The quantitative estimate of drug-likeness (QED) is 0.850. The van der Waals surface area contributed by atoms with Crippen LogP contribution in [-0.2, 0) is 11.2 Å². The van der Waals surface area contributed by atoms with Crippen LogP contribution in [0.5, 0.6) is 0 Å². The third-order valence-corrected chi connectivity index (χ3v) is 5.07. The van der Waals surface area contributed by atoms with E-state index < -0.39 is 0 Å². The molecule has 1 unspecified atom stereocenters. The number of hydrogen-bond acceptors (Lipinski definition) is 3. The van der Waals surface area contributed by atoms with Crippen molar-refractivity contribution in [2.24, 2.45) is 5.92 Å². The van der Waals surface area contributed by atoms with Gasteiger partial charge in [0.15, 0.2) is 0 Å². The summed E-state index contributed by atoms with van der Waals surface area (Å²) in [4.78, 5) is 14.9. The zero-order valence-corrected chi connectivity index (χ0v) is 11.6. The Hall–Kier alpha value is -1.55. The van der Waals surface area contributed by atoms with Crippen molar-refractivity contribution in [3.63, 3.8) is 0 Å². The molecule has 1 aromatic carbocycles. The lowest BCUT2D eigenvalue weighted by molar-refractivity contribution is -0.123. The standard InChI is InChI=1S/C16H21N3O/c20-16(14-9-12-3-1-2-4-13(12)17-14)18-15-10-19-7-5-11(15)6-8-19/h1-4,11,14-15,17H,5-10H2,(H,18,20)/t14-,15?/m0/s1. The normalized spacial score (nSPS) is 34.4. The highest BCUT2D eigenvalue weighted by Gasteiger charge is 2.36. The van der Waals surface area contributed by atoms with E-state index in [2.05, 4.69) is 27.7 Å². The van der Waals surface area contributed by atoms with Crippen LogP contribution in [0.2, 0.25) is 0 Å². The Kier molecular flexibility index (Phi) is 2.91. The number of carbonyl (C=O) groups is 1. The maximum Gasteiger partial charge on any atom is 0.243 e. The summed E-state index contributed by atoms with van der Waals surface area (Å²) in [6, 6.07) is 8.47. The molecule has 1 amide bonds. The number of carbonyl (C=O) groups excluding carboxylic acids is 1. The molecule has 0 spiro atoms. The van der Waals surface area contributed by atoms with Gasteiger partial charge in [-0.3, -0.25) is 4.79 Å². The SMILES string of the molecule is O=C(NC1CN2CCC1CC2)[C@@H]1Cc2ccccc2N1. The number of para-hydroxylation sites is 1. The van der Waals surface area contributed by atoms with Gasteiger partial charge in [0.1, 0.15) is 6.04 Å². The van der Waals surface area contributed by atoms with E-state index in [0.717, 1.165) is 18.7 Å². The van der Waals surface area contributed by atoms with Crippen molar-refractivity contribution in [3.8, 4) is 0 Å². The van der Waals surface area contributed by atoms with E-state index in [0.29, 0.717) is 12.0 Å². The predicted molar refractivity (Wildman–Crippen MR) is 78.7 cm³/mol. The van der Waals surface area contributed by atoms with Crippen molar-refractivity contribution in [2.45, 2.75) is 31.3 Å². The van der Waals surface area contributed by atoms with Crippen molar-refractivity contribution in [3.05, 3.63) is 29.8 Å². The van der Waals surface area contributed by atoms with Crippen LogP contribution in [0.3, 0.4) is 0 Å². The molecule has 1 aromatic rings. The average Bonchev–Trinajstić information content (AvgIpc) is 2.92. The van der Waals surface area contributed by atoms with E-state index >= 15 is 0 Å². The van der Waals surface area contributed by atoms with Crippen molar-refractivity contribution in [2.75, 3.05) is 25.0 Å². The molecule has 0 aromatic heterocycles. The number of hydrogen-bond donors (Lipinski definition) is 2. The summed E-state index contributed by atoms with van der Waals surface area (Å²) in [6.07, 6.45) is 3.29. The summed E-state index contributed by atoms with van der Waals surface area (Å²) in [7, 11) is 0. The number of fused-ring (bicyclic) bond motifs is 4. The Morgan fingerprint density at radius 2 is 2.05 bits per heavy atom. The molecule has 4 aliphatic rings. The lowest BCUT2D eigenvalue weighted by atomic mass is 9.84. The first-order valence-electron chi connectivity index (χ1n) is 7.67. The predicted octanol–water partition coefficient (Wildman–Crippen LogP) is 1.23. The van der Waals surface area contributed by atoms with Crippen LogP contribution in [0.1, 0.15) is 18.4 Å². The second-order valence-electron chi connectivity index (χ2n) is 6.31. The maximum atomic E-state index is 12.5. The highest BCUT2D eigenvalue weighted by molar-refractivity contribution is 5.87. The Balaban J connectivity index is 1.40. The molecule has 5 rings (SSSR count). The van der Waals surface area contributed by atoms with Gasteiger partial charge in [0.05, 0.1) is 0 Å². The van der Waals surface area contributed by atoms with Gasteiger partial charge < -0.3 is 15.5 Å². The average molecular weight is 271 g/mol. The number of anilines is 1. The monoisotopic (exact) mass is 271 g/mol. The largest absolute Gasteiger partial charge is 0.373 e. The molecule has 2 atom stereocenters. The van der Waals surface area contributed by atoms with Gasteiger partial charge in [0.2, 0.25) is 5.91 Å². The fraction of sp³-hybridized carbons (Fsp3) is 0.562. The highest BCUT2D eigenvalue weighted by atomic mass is 16.2. The second-order valence-corrected chi connectivity index (χ2v) is 6.31. The van der Waals surface area contributed by atoms with Crippen LogP contribution < -0.4 is 10.6 Å². The summed E-state index contributed by atoms with van der Waals surface area (Å²) in [5.74, 6) is 0.854. The number of rotatable bonds is 2. The third kappa shape index (κ3) is 2.08. The second kappa shape index (κ2) is 4.77. The van der Waals surface area contributed by atoms with E-state index in [1.807, 2.05) is 12.1 Å². The molecule has 106 valence electrons. The molecule has 0 radical (unpaired) electrons. The number of amides is 1. The van der Waals surface area contributed by atoms with Crippen molar-refractivity contribution in [1.82, 2.24) is 10.2 Å². The first-order chi connectivity index (χ1) is 9.79. The van der Waals surface area contributed by atoms with E-state index in [-0.39, 0.29) is 11.9 Å².